The molecule has 0 unspecified atom stereocenters. The standard InChI is InChI=1S/C16H21N3/c1-3-12-4-6-13(7-5-12)16-11(2)18-15(19-16)10-17-14-8-9-14/h4-7,14,17H,3,8-10H2,1-2H3,(H,18,19). The van der Waals surface area contributed by atoms with E-state index in [0.717, 1.165) is 36.2 Å². The molecule has 0 radical (unpaired) electrons. The predicted octanol–water partition coefficient (Wildman–Crippen LogP) is 3.20. The van der Waals surface area contributed by atoms with Gasteiger partial charge >= 0.3 is 0 Å². The summed E-state index contributed by atoms with van der Waals surface area (Å²) in [5.74, 6) is 1.04. The highest BCUT2D eigenvalue weighted by atomic mass is 15.0. The molecule has 3 heteroatoms. The minimum atomic E-state index is 0.720. The first-order valence-electron chi connectivity index (χ1n) is 7.14. The largest absolute Gasteiger partial charge is 0.344 e. The van der Waals surface area contributed by atoms with E-state index in [1.807, 2.05) is 0 Å². The molecule has 3 rings (SSSR count). The number of H-pyrrole nitrogens is 1. The third-order valence-electron chi connectivity index (χ3n) is 3.70. The summed E-state index contributed by atoms with van der Waals surface area (Å²) in [6.07, 6.45) is 3.70. The number of nitrogens with zero attached hydrogens (tertiary/aromatic N) is 1. The Balaban J connectivity index is 1.78. The maximum absolute atomic E-state index is 4.72. The molecular weight excluding hydrogens is 234 g/mol. The van der Waals surface area contributed by atoms with Crippen LogP contribution in [0.2, 0.25) is 0 Å². The van der Waals surface area contributed by atoms with Gasteiger partial charge in [0.15, 0.2) is 0 Å². The lowest BCUT2D eigenvalue weighted by Crippen LogP contribution is -2.16. The number of rotatable bonds is 5. The van der Waals surface area contributed by atoms with Crippen LogP contribution in [0, 0.1) is 6.92 Å². The lowest BCUT2D eigenvalue weighted by Gasteiger charge is -2.00. The fourth-order valence-electron chi connectivity index (χ4n) is 2.31. The van der Waals surface area contributed by atoms with Gasteiger partial charge in [-0.15, -0.1) is 0 Å². The van der Waals surface area contributed by atoms with Crippen molar-refractivity contribution in [2.45, 2.75) is 45.7 Å². The zero-order chi connectivity index (χ0) is 13.2. The van der Waals surface area contributed by atoms with Gasteiger partial charge in [0.1, 0.15) is 5.82 Å². The fourth-order valence-corrected chi connectivity index (χ4v) is 2.31. The van der Waals surface area contributed by atoms with Gasteiger partial charge in [-0.1, -0.05) is 31.2 Å². The Kier molecular flexibility index (Phi) is 3.38. The van der Waals surface area contributed by atoms with Crippen molar-refractivity contribution in [3.63, 3.8) is 0 Å². The van der Waals surface area contributed by atoms with Gasteiger partial charge in [0, 0.05) is 17.3 Å². The molecule has 0 aliphatic heterocycles. The number of hydrogen-bond donors (Lipinski definition) is 2. The Morgan fingerprint density at radius 1 is 1.26 bits per heavy atom. The second kappa shape index (κ2) is 5.17. The van der Waals surface area contributed by atoms with E-state index in [0.29, 0.717) is 0 Å². The van der Waals surface area contributed by atoms with E-state index in [2.05, 4.69) is 48.4 Å². The van der Waals surface area contributed by atoms with Crippen LogP contribution in [0.5, 0.6) is 0 Å². The summed E-state index contributed by atoms with van der Waals surface area (Å²) >= 11 is 0. The Morgan fingerprint density at radius 2 is 2.00 bits per heavy atom. The first kappa shape index (κ1) is 12.4. The van der Waals surface area contributed by atoms with Crippen LogP contribution in [-0.2, 0) is 13.0 Å². The van der Waals surface area contributed by atoms with Crippen LogP contribution in [0.3, 0.4) is 0 Å². The molecule has 1 aromatic carbocycles. The highest BCUT2D eigenvalue weighted by molar-refractivity contribution is 5.62. The molecule has 2 N–H and O–H groups in total. The van der Waals surface area contributed by atoms with E-state index in [1.165, 1.54) is 24.0 Å². The molecule has 100 valence electrons. The van der Waals surface area contributed by atoms with Gasteiger partial charge in [0.05, 0.1) is 12.2 Å². The average molecular weight is 255 g/mol. The lowest BCUT2D eigenvalue weighted by molar-refractivity contribution is 0.663. The summed E-state index contributed by atoms with van der Waals surface area (Å²) in [7, 11) is 0. The summed E-state index contributed by atoms with van der Waals surface area (Å²) in [5.41, 5.74) is 4.79. The van der Waals surface area contributed by atoms with E-state index in [-0.39, 0.29) is 0 Å². The third-order valence-corrected chi connectivity index (χ3v) is 3.70. The SMILES string of the molecule is CCc1ccc(-c2nc(CNC3CC3)[nH]c2C)cc1. The van der Waals surface area contributed by atoms with Crippen molar-refractivity contribution in [2.75, 3.05) is 0 Å². The number of benzene rings is 1. The van der Waals surface area contributed by atoms with Gasteiger partial charge in [-0.2, -0.15) is 0 Å². The zero-order valence-electron chi connectivity index (χ0n) is 11.7. The topological polar surface area (TPSA) is 40.7 Å². The quantitative estimate of drug-likeness (QED) is 0.861. The van der Waals surface area contributed by atoms with Gasteiger partial charge in [-0.25, -0.2) is 4.98 Å². The Hall–Kier alpha value is -1.61. The summed E-state index contributed by atoms with van der Waals surface area (Å²) in [4.78, 5) is 8.10. The van der Waals surface area contributed by atoms with Crippen LogP contribution in [0.4, 0.5) is 0 Å². The number of hydrogen-bond acceptors (Lipinski definition) is 2. The van der Waals surface area contributed by atoms with Crippen molar-refractivity contribution in [1.82, 2.24) is 15.3 Å². The van der Waals surface area contributed by atoms with Gasteiger partial charge in [0.25, 0.3) is 0 Å². The van der Waals surface area contributed by atoms with Crippen LogP contribution >= 0.6 is 0 Å². The fraction of sp³-hybridized carbons (Fsp3) is 0.438. The van der Waals surface area contributed by atoms with Crippen molar-refractivity contribution in [3.05, 3.63) is 41.3 Å². The van der Waals surface area contributed by atoms with Crippen molar-refractivity contribution >= 4 is 0 Å². The smallest absolute Gasteiger partial charge is 0.121 e. The minimum absolute atomic E-state index is 0.720. The average Bonchev–Trinajstić information content (AvgIpc) is 3.19. The first-order valence-corrected chi connectivity index (χ1v) is 7.14. The maximum atomic E-state index is 4.72. The van der Waals surface area contributed by atoms with Crippen molar-refractivity contribution in [1.29, 1.82) is 0 Å². The predicted molar refractivity (Wildman–Crippen MR) is 78.0 cm³/mol. The van der Waals surface area contributed by atoms with Crippen LogP contribution < -0.4 is 5.32 Å². The maximum Gasteiger partial charge on any atom is 0.121 e. The van der Waals surface area contributed by atoms with Crippen LogP contribution in [0.15, 0.2) is 24.3 Å². The molecule has 0 saturated heterocycles. The van der Waals surface area contributed by atoms with Gasteiger partial charge in [0.2, 0.25) is 0 Å². The number of nitrogens with one attached hydrogen (secondary N) is 2. The Morgan fingerprint density at radius 3 is 2.63 bits per heavy atom. The van der Waals surface area contributed by atoms with E-state index >= 15 is 0 Å². The molecule has 0 atom stereocenters. The lowest BCUT2D eigenvalue weighted by atomic mass is 10.1. The molecule has 1 aliphatic carbocycles. The molecule has 0 spiro atoms. The van der Waals surface area contributed by atoms with E-state index in [9.17, 15) is 0 Å². The zero-order valence-corrected chi connectivity index (χ0v) is 11.7. The van der Waals surface area contributed by atoms with Crippen LogP contribution in [0.1, 0.15) is 36.8 Å². The number of aromatic nitrogens is 2. The molecule has 1 aliphatic rings. The molecule has 0 bridgehead atoms. The molecule has 19 heavy (non-hydrogen) atoms. The molecule has 3 nitrogen and oxygen atoms in total. The normalized spacial score (nSPS) is 14.8. The van der Waals surface area contributed by atoms with Gasteiger partial charge in [-0.3, -0.25) is 0 Å². The van der Waals surface area contributed by atoms with Gasteiger partial charge in [-0.05, 0) is 31.7 Å². The second-order valence-electron chi connectivity index (χ2n) is 5.36. The monoisotopic (exact) mass is 255 g/mol. The van der Waals surface area contributed by atoms with E-state index in [1.54, 1.807) is 0 Å². The number of aromatic amines is 1. The molecule has 2 aromatic rings. The third kappa shape index (κ3) is 2.87. The second-order valence-corrected chi connectivity index (χ2v) is 5.36. The molecule has 1 fully saturated rings. The molecular formula is C16H21N3. The number of aryl methyl sites for hydroxylation is 2. The van der Waals surface area contributed by atoms with E-state index < -0.39 is 0 Å². The molecule has 1 aromatic heterocycles. The highest BCUT2D eigenvalue weighted by Gasteiger charge is 2.20. The van der Waals surface area contributed by atoms with Crippen molar-refractivity contribution < 1.29 is 0 Å². The molecule has 1 saturated carbocycles. The first-order chi connectivity index (χ1) is 9.26. The summed E-state index contributed by atoms with van der Waals surface area (Å²) < 4.78 is 0. The van der Waals surface area contributed by atoms with Crippen molar-refractivity contribution in [2.24, 2.45) is 0 Å². The highest BCUT2D eigenvalue weighted by Crippen LogP contribution is 2.23. The van der Waals surface area contributed by atoms with E-state index in [4.69, 9.17) is 4.98 Å². The van der Waals surface area contributed by atoms with Gasteiger partial charge < -0.3 is 10.3 Å². The summed E-state index contributed by atoms with van der Waals surface area (Å²) in [6, 6.07) is 9.43. The molecule has 0 amide bonds. The Labute approximate surface area is 114 Å². The summed E-state index contributed by atoms with van der Waals surface area (Å²) in [6.45, 7) is 5.12. The van der Waals surface area contributed by atoms with Crippen LogP contribution in [-0.4, -0.2) is 16.0 Å². The Bertz CT molecular complexity index is 550. The van der Waals surface area contributed by atoms with Crippen LogP contribution in [0.25, 0.3) is 11.3 Å². The van der Waals surface area contributed by atoms with Crippen molar-refractivity contribution in [3.8, 4) is 11.3 Å². The number of imidazole rings is 1. The molecule has 1 heterocycles. The summed E-state index contributed by atoms with van der Waals surface area (Å²) in [5, 5.41) is 3.49. The minimum Gasteiger partial charge on any atom is -0.344 e.